The van der Waals surface area contributed by atoms with Crippen molar-refractivity contribution in [3.8, 4) is 0 Å². The Morgan fingerprint density at radius 3 is 2.29 bits per heavy atom. The molecule has 0 fully saturated rings. The van der Waals surface area contributed by atoms with Crippen molar-refractivity contribution in [1.82, 2.24) is 30.8 Å². The van der Waals surface area contributed by atoms with Crippen LogP contribution in [0.25, 0.3) is 0 Å². The van der Waals surface area contributed by atoms with Crippen LogP contribution in [0.3, 0.4) is 0 Å². The van der Waals surface area contributed by atoms with Crippen molar-refractivity contribution in [3.63, 3.8) is 0 Å². The highest BCUT2D eigenvalue weighted by molar-refractivity contribution is 5.94. The van der Waals surface area contributed by atoms with Crippen LogP contribution in [0.4, 0.5) is 23.7 Å². The number of hydrogen-bond donors (Lipinski definition) is 3. The molecule has 0 aliphatic rings. The van der Waals surface area contributed by atoms with Gasteiger partial charge in [0, 0.05) is 24.3 Å². The van der Waals surface area contributed by atoms with E-state index in [1.54, 1.807) is 24.3 Å². The lowest BCUT2D eigenvalue weighted by Crippen LogP contribution is -2.31. The summed E-state index contributed by atoms with van der Waals surface area (Å²) < 4.78 is 37.7. The number of alkyl halides is 3. The minimum Gasteiger partial charge on any atom is -0.348 e. The molecule has 3 N–H and O–H groups in total. The Morgan fingerprint density at radius 1 is 0.968 bits per heavy atom. The number of benzene rings is 2. The van der Waals surface area contributed by atoms with Crippen molar-refractivity contribution in [3.05, 3.63) is 71.5 Å². The fourth-order valence-electron chi connectivity index (χ4n) is 2.54. The van der Waals surface area contributed by atoms with Gasteiger partial charge in [-0.3, -0.25) is 4.79 Å². The number of tetrazole rings is 1. The molecule has 3 amide bonds. The van der Waals surface area contributed by atoms with E-state index in [-0.39, 0.29) is 12.1 Å². The smallest absolute Gasteiger partial charge is 0.348 e. The predicted molar refractivity (Wildman–Crippen MR) is 104 cm³/mol. The average molecular weight is 433 g/mol. The van der Waals surface area contributed by atoms with Crippen molar-refractivity contribution in [2.24, 2.45) is 0 Å². The van der Waals surface area contributed by atoms with Crippen molar-refractivity contribution in [2.45, 2.75) is 19.3 Å². The summed E-state index contributed by atoms with van der Waals surface area (Å²) in [7, 11) is 0. The summed E-state index contributed by atoms with van der Waals surface area (Å²) >= 11 is 0. The molecule has 162 valence electrons. The summed E-state index contributed by atoms with van der Waals surface area (Å²) in [5.74, 6) is -0.489. The number of nitrogens with one attached hydrogen (secondary N) is 3. The lowest BCUT2D eigenvalue weighted by molar-refractivity contribution is -0.137. The first-order valence-corrected chi connectivity index (χ1v) is 9.11. The van der Waals surface area contributed by atoms with E-state index in [9.17, 15) is 22.8 Å². The first kappa shape index (κ1) is 21.7. The van der Waals surface area contributed by atoms with E-state index in [0.717, 1.165) is 29.8 Å². The molecule has 0 bridgehead atoms. The van der Waals surface area contributed by atoms with Crippen LogP contribution in [0.15, 0.2) is 54.9 Å². The first-order valence-electron chi connectivity index (χ1n) is 9.11. The Hall–Kier alpha value is -3.96. The van der Waals surface area contributed by atoms with Crippen LogP contribution in [0.1, 0.15) is 21.5 Å². The van der Waals surface area contributed by atoms with E-state index < -0.39 is 23.7 Å². The highest BCUT2D eigenvalue weighted by atomic mass is 19.4. The van der Waals surface area contributed by atoms with Gasteiger partial charge in [-0.05, 0) is 47.2 Å². The maximum Gasteiger partial charge on any atom is 0.416 e. The number of amides is 3. The number of anilines is 1. The molecule has 0 aliphatic heterocycles. The summed E-state index contributed by atoms with van der Waals surface area (Å²) in [6.45, 7) is 0.873. The SMILES string of the molecule is O=C(NCCn1ncnn1)Nc1ccc(CNC(=O)c2ccc(C(F)(F)F)cc2)cc1. The maximum absolute atomic E-state index is 12.6. The summed E-state index contributed by atoms with van der Waals surface area (Å²) in [4.78, 5) is 25.3. The van der Waals surface area contributed by atoms with Gasteiger partial charge >= 0.3 is 12.2 Å². The Morgan fingerprint density at radius 2 is 1.68 bits per heavy atom. The molecule has 0 spiro atoms. The van der Waals surface area contributed by atoms with Crippen LogP contribution in [-0.4, -0.2) is 38.7 Å². The lowest BCUT2D eigenvalue weighted by Gasteiger charge is -2.10. The number of aromatic nitrogens is 4. The van der Waals surface area contributed by atoms with Crippen LogP contribution in [0.5, 0.6) is 0 Å². The molecule has 0 unspecified atom stereocenters. The third kappa shape index (κ3) is 6.52. The van der Waals surface area contributed by atoms with Gasteiger partial charge in [-0.15, -0.1) is 10.2 Å². The van der Waals surface area contributed by atoms with Gasteiger partial charge in [-0.25, -0.2) is 4.79 Å². The normalized spacial score (nSPS) is 11.1. The number of carbonyl (C=O) groups is 2. The molecule has 12 heteroatoms. The van der Waals surface area contributed by atoms with E-state index in [1.807, 2.05) is 0 Å². The molecule has 3 aromatic rings. The topological polar surface area (TPSA) is 114 Å². The van der Waals surface area contributed by atoms with Gasteiger partial charge in [0.15, 0.2) is 6.33 Å². The lowest BCUT2D eigenvalue weighted by atomic mass is 10.1. The van der Waals surface area contributed by atoms with E-state index in [1.165, 1.54) is 11.1 Å². The molecule has 0 atom stereocenters. The number of urea groups is 1. The zero-order valence-electron chi connectivity index (χ0n) is 16.1. The second kappa shape index (κ2) is 9.69. The Bertz CT molecular complexity index is 1000. The average Bonchev–Trinajstić information content (AvgIpc) is 3.26. The van der Waals surface area contributed by atoms with E-state index in [2.05, 4.69) is 31.4 Å². The Labute approximate surface area is 174 Å². The van der Waals surface area contributed by atoms with E-state index in [4.69, 9.17) is 0 Å². The zero-order valence-corrected chi connectivity index (χ0v) is 16.1. The molecule has 0 saturated heterocycles. The zero-order chi connectivity index (χ0) is 22.3. The molecule has 0 saturated carbocycles. The third-order valence-corrected chi connectivity index (χ3v) is 4.13. The molecule has 3 rings (SSSR count). The fourth-order valence-corrected chi connectivity index (χ4v) is 2.54. The van der Waals surface area contributed by atoms with Crippen molar-refractivity contribution < 1.29 is 22.8 Å². The number of halogens is 3. The van der Waals surface area contributed by atoms with Crippen molar-refractivity contribution in [2.75, 3.05) is 11.9 Å². The Kier molecular flexibility index (Phi) is 6.80. The van der Waals surface area contributed by atoms with Gasteiger partial charge in [0.1, 0.15) is 0 Å². The van der Waals surface area contributed by atoms with E-state index >= 15 is 0 Å². The maximum atomic E-state index is 12.6. The van der Waals surface area contributed by atoms with Crippen LogP contribution >= 0.6 is 0 Å². The van der Waals surface area contributed by atoms with E-state index in [0.29, 0.717) is 18.8 Å². The van der Waals surface area contributed by atoms with Crippen LogP contribution in [0, 0.1) is 0 Å². The summed E-state index contributed by atoms with van der Waals surface area (Å²) in [5, 5.41) is 19.0. The summed E-state index contributed by atoms with van der Waals surface area (Å²) in [6, 6.07) is 10.3. The molecule has 31 heavy (non-hydrogen) atoms. The molecular formula is C19H18F3N7O2. The molecule has 1 heterocycles. The number of carbonyl (C=O) groups excluding carboxylic acids is 2. The summed E-state index contributed by atoms with van der Waals surface area (Å²) in [6.07, 6.45) is -3.15. The monoisotopic (exact) mass is 433 g/mol. The minimum absolute atomic E-state index is 0.129. The highest BCUT2D eigenvalue weighted by Gasteiger charge is 2.30. The van der Waals surface area contributed by atoms with Gasteiger partial charge < -0.3 is 16.0 Å². The molecular weight excluding hydrogens is 415 g/mol. The number of hydrogen-bond acceptors (Lipinski definition) is 5. The minimum atomic E-state index is -4.45. The number of rotatable bonds is 7. The quantitative estimate of drug-likeness (QED) is 0.530. The molecule has 0 aliphatic carbocycles. The van der Waals surface area contributed by atoms with Crippen molar-refractivity contribution in [1.29, 1.82) is 0 Å². The van der Waals surface area contributed by atoms with Crippen LogP contribution in [0.2, 0.25) is 0 Å². The fraction of sp³-hybridized carbons (Fsp3) is 0.211. The largest absolute Gasteiger partial charge is 0.416 e. The van der Waals surface area contributed by atoms with Crippen LogP contribution in [-0.2, 0) is 19.3 Å². The van der Waals surface area contributed by atoms with Gasteiger partial charge in [0.2, 0.25) is 0 Å². The Balaban J connectivity index is 1.43. The van der Waals surface area contributed by atoms with Crippen LogP contribution < -0.4 is 16.0 Å². The third-order valence-electron chi connectivity index (χ3n) is 4.13. The highest BCUT2D eigenvalue weighted by Crippen LogP contribution is 2.29. The predicted octanol–water partition coefficient (Wildman–Crippen LogP) is 2.44. The second-order valence-corrected chi connectivity index (χ2v) is 6.37. The second-order valence-electron chi connectivity index (χ2n) is 6.37. The number of nitrogens with zero attached hydrogens (tertiary/aromatic N) is 4. The van der Waals surface area contributed by atoms with Gasteiger partial charge in [-0.1, -0.05) is 12.1 Å². The van der Waals surface area contributed by atoms with Gasteiger partial charge in [0.05, 0.1) is 12.1 Å². The first-order chi connectivity index (χ1) is 14.8. The standard InChI is InChI=1S/C19H18F3N7O2/c20-19(21,22)15-5-3-14(4-6-15)17(30)24-11-13-1-7-16(8-2-13)27-18(31)23-9-10-29-26-12-25-28-29/h1-8,12H,9-11H2,(H,24,30)(H2,23,27,31). The van der Waals surface area contributed by atoms with Gasteiger partial charge in [0.25, 0.3) is 5.91 Å². The molecule has 9 nitrogen and oxygen atoms in total. The molecule has 2 aromatic carbocycles. The van der Waals surface area contributed by atoms with Crippen molar-refractivity contribution >= 4 is 17.6 Å². The summed E-state index contributed by atoms with van der Waals surface area (Å²) in [5.41, 5.74) is 0.618. The molecule has 0 radical (unpaired) electrons. The molecule has 1 aromatic heterocycles. The van der Waals surface area contributed by atoms with Gasteiger partial charge in [-0.2, -0.15) is 18.0 Å².